The summed E-state index contributed by atoms with van der Waals surface area (Å²) >= 11 is 0. The third kappa shape index (κ3) is 7.02. The smallest absolute Gasteiger partial charge is 0.275 e. The van der Waals surface area contributed by atoms with E-state index < -0.39 is 0 Å². The highest BCUT2D eigenvalue weighted by Crippen LogP contribution is 2.37. The topological polar surface area (TPSA) is 50.2 Å². The number of aryl methyl sites for hydroxylation is 1. The molecule has 0 aliphatic heterocycles. The minimum absolute atomic E-state index is 0.156. The molecular formula is C37H48N5O+. The van der Waals surface area contributed by atoms with Crippen LogP contribution in [0.25, 0.3) is 44.0 Å². The van der Waals surface area contributed by atoms with Gasteiger partial charge in [-0.05, 0) is 54.3 Å². The quantitative estimate of drug-likeness (QED) is 0.0837. The van der Waals surface area contributed by atoms with Gasteiger partial charge in [0.05, 0.1) is 31.7 Å². The molecule has 6 nitrogen and oxygen atoms in total. The molecular weight excluding hydrogens is 530 g/mol. The Hall–Kier alpha value is -3.90. The Labute approximate surface area is 256 Å². The van der Waals surface area contributed by atoms with Gasteiger partial charge in [0.25, 0.3) is 5.91 Å². The number of anilines is 1. The van der Waals surface area contributed by atoms with E-state index in [2.05, 4.69) is 123 Å². The second-order valence-electron chi connectivity index (χ2n) is 12.8. The second-order valence-corrected chi connectivity index (χ2v) is 12.8. The average molecular weight is 579 g/mol. The number of likely N-dealkylation sites (N-methyl/N-ethyl adjacent to an activating group) is 1. The van der Waals surface area contributed by atoms with E-state index in [1.54, 1.807) is 0 Å². The zero-order valence-electron chi connectivity index (χ0n) is 26.7. The Kier molecular flexibility index (Phi) is 9.66. The van der Waals surface area contributed by atoms with E-state index in [1.807, 2.05) is 0 Å². The van der Waals surface area contributed by atoms with Crippen LogP contribution in [-0.2, 0) is 11.3 Å². The van der Waals surface area contributed by atoms with E-state index in [0.29, 0.717) is 11.0 Å². The third-order valence-corrected chi connectivity index (χ3v) is 8.58. The number of imidazole rings is 1. The molecule has 0 saturated heterocycles. The lowest BCUT2D eigenvalue weighted by atomic mass is 10.00. The molecule has 0 fully saturated rings. The van der Waals surface area contributed by atoms with Gasteiger partial charge in [-0.15, -0.1) is 0 Å². The number of amides is 1. The van der Waals surface area contributed by atoms with Crippen LogP contribution in [0.15, 0.2) is 72.8 Å². The van der Waals surface area contributed by atoms with Gasteiger partial charge in [-0.2, -0.15) is 0 Å². The van der Waals surface area contributed by atoms with Crippen LogP contribution >= 0.6 is 0 Å². The summed E-state index contributed by atoms with van der Waals surface area (Å²) in [6.45, 7) is 5.33. The van der Waals surface area contributed by atoms with E-state index in [0.717, 1.165) is 55.8 Å². The van der Waals surface area contributed by atoms with Crippen molar-refractivity contribution in [3.63, 3.8) is 0 Å². The van der Waals surface area contributed by atoms with Crippen molar-refractivity contribution < 1.29 is 9.28 Å². The van der Waals surface area contributed by atoms with Crippen LogP contribution in [0.4, 0.5) is 5.69 Å². The Morgan fingerprint density at radius 3 is 2.14 bits per heavy atom. The first kappa shape index (κ1) is 30.6. The Balaban J connectivity index is 1.41. The van der Waals surface area contributed by atoms with E-state index in [1.165, 1.54) is 52.0 Å². The molecule has 0 atom stereocenters. The van der Waals surface area contributed by atoms with Crippen LogP contribution in [-0.4, -0.2) is 67.8 Å². The molecule has 1 heterocycles. The van der Waals surface area contributed by atoms with Gasteiger partial charge >= 0.3 is 0 Å². The normalized spacial score (nSPS) is 11.9. The highest BCUT2D eigenvalue weighted by molar-refractivity contribution is 6.23. The van der Waals surface area contributed by atoms with Crippen LogP contribution in [0.3, 0.4) is 0 Å². The lowest BCUT2D eigenvalue weighted by Gasteiger charge is -2.29. The molecule has 1 N–H and O–H groups in total. The van der Waals surface area contributed by atoms with Gasteiger partial charge in [0.15, 0.2) is 6.54 Å². The molecule has 0 aliphatic carbocycles. The highest BCUT2D eigenvalue weighted by atomic mass is 16.2. The predicted molar refractivity (Wildman–Crippen MR) is 183 cm³/mol. The van der Waals surface area contributed by atoms with Crippen molar-refractivity contribution in [2.24, 2.45) is 0 Å². The van der Waals surface area contributed by atoms with Gasteiger partial charge in [0.2, 0.25) is 0 Å². The van der Waals surface area contributed by atoms with Crippen molar-refractivity contribution in [3.05, 3.63) is 72.8 Å². The minimum atomic E-state index is 0.156. The molecule has 5 aromatic rings. The largest absolute Gasteiger partial charge is 0.378 e. The summed E-state index contributed by atoms with van der Waals surface area (Å²) in [7, 11) is 8.47. The predicted octanol–water partition coefficient (Wildman–Crippen LogP) is 7.63. The van der Waals surface area contributed by atoms with Gasteiger partial charge < -0.3 is 19.3 Å². The molecule has 0 unspecified atom stereocenters. The molecule has 1 amide bonds. The average Bonchev–Trinajstić information content (AvgIpc) is 3.39. The lowest BCUT2D eigenvalue weighted by Crippen LogP contribution is -2.48. The summed E-state index contributed by atoms with van der Waals surface area (Å²) in [4.78, 5) is 20.1. The summed E-state index contributed by atoms with van der Waals surface area (Å²) in [6.07, 6.45) is 6.74. The first-order valence-electron chi connectivity index (χ1n) is 15.9. The van der Waals surface area contributed by atoms with E-state index in [4.69, 9.17) is 4.98 Å². The number of carbonyl (C=O) groups is 1. The van der Waals surface area contributed by atoms with Crippen molar-refractivity contribution in [2.45, 2.75) is 52.0 Å². The number of hydrogen-bond donors (Lipinski definition) is 1. The standard InChI is InChI=1S/C37H47N5O/c1-6-7-8-13-24-38-34(43)27-42(4,5)26-15-14-25-41-36-33-19-12-10-17-31(33)30-16-9-11-18-32(30)35(36)39-37(41)28-20-22-29(23-21-28)40(2)3/h9-12,16-23H,6-8,13-15,24-27H2,1-5H3/p+1. The number of fused-ring (bicyclic) bond motifs is 6. The van der Waals surface area contributed by atoms with Gasteiger partial charge in [-0.3, -0.25) is 4.79 Å². The maximum atomic E-state index is 12.6. The molecule has 0 spiro atoms. The van der Waals surface area contributed by atoms with Crippen LogP contribution in [0.5, 0.6) is 0 Å². The van der Waals surface area contributed by atoms with Crippen molar-refractivity contribution in [2.75, 3.05) is 52.7 Å². The van der Waals surface area contributed by atoms with Gasteiger partial charge in [0.1, 0.15) is 5.82 Å². The zero-order valence-corrected chi connectivity index (χ0v) is 26.7. The maximum Gasteiger partial charge on any atom is 0.275 e. The number of unbranched alkanes of at least 4 members (excludes halogenated alkanes) is 4. The fourth-order valence-corrected chi connectivity index (χ4v) is 6.22. The van der Waals surface area contributed by atoms with Crippen LogP contribution in [0.1, 0.15) is 45.4 Å². The molecule has 0 radical (unpaired) electrons. The zero-order chi connectivity index (χ0) is 30.4. The molecule has 0 bridgehead atoms. The molecule has 4 aromatic carbocycles. The molecule has 5 rings (SSSR count). The highest BCUT2D eigenvalue weighted by Gasteiger charge is 2.21. The minimum Gasteiger partial charge on any atom is -0.378 e. The van der Waals surface area contributed by atoms with Crippen molar-refractivity contribution in [1.29, 1.82) is 0 Å². The third-order valence-electron chi connectivity index (χ3n) is 8.58. The number of hydrogen-bond acceptors (Lipinski definition) is 3. The summed E-state index contributed by atoms with van der Waals surface area (Å²) in [5.74, 6) is 1.17. The van der Waals surface area contributed by atoms with Gasteiger partial charge in [-0.1, -0.05) is 74.7 Å². The summed E-state index contributed by atoms with van der Waals surface area (Å²) < 4.78 is 3.13. The number of aromatic nitrogens is 2. The van der Waals surface area contributed by atoms with Crippen molar-refractivity contribution in [3.8, 4) is 11.4 Å². The van der Waals surface area contributed by atoms with E-state index in [-0.39, 0.29) is 5.91 Å². The fraction of sp³-hybridized carbons (Fsp3) is 0.405. The Bertz CT molecular complexity index is 1680. The van der Waals surface area contributed by atoms with Gasteiger partial charge in [-0.25, -0.2) is 4.98 Å². The monoisotopic (exact) mass is 578 g/mol. The fourth-order valence-electron chi connectivity index (χ4n) is 6.22. The number of benzene rings is 4. The first-order valence-corrected chi connectivity index (χ1v) is 15.9. The summed E-state index contributed by atoms with van der Waals surface area (Å²) in [5.41, 5.74) is 4.57. The Morgan fingerprint density at radius 2 is 1.47 bits per heavy atom. The van der Waals surface area contributed by atoms with Crippen molar-refractivity contribution in [1.82, 2.24) is 14.9 Å². The molecule has 226 valence electrons. The number of quaternary nitrogens is 1. The van der Waals surface area contributed by atoms with E-state index in [9.17, 15) is 4.79 Å². The number of rotatable bonds is 14. The SMILES string of the molecule is CCCCCCNC(=O)C[N+](C)(C)CCCCn1c(-c2ccc(N(C)C)cc2)nc2c3ccccc3c3ccccc3c21. The number of carbonyl (C=O) groups excluding carboxylic acids is 1. The maximum absolute atomic E-state index is 12.6. The van der Waals surface area contributed by atoms with Gasteiger partial charge in [0, 0.05) is 49.2 Å². The molecule has 43 heavy (non-hydrogen) atoms. The van der Waals surface area contributed by atoms with Crippen molar-refractivity contribution >= 4 is 44.2 Å². The molecule has 6 heteroatoms. The lowest BCUT2D eigenvalue weighted by molar-refractivity contribution is -0.882. The second kappa shape index (κ2) is 13.6. The summed E-state index contributed by atoms with van der Waals surface area (Å²) in [5, 5.41) is 8.07. The number of nitrogens with zero attached hydrogens (tertiary/aromatic N) is 4. The first-order chi connectivity index (χ1) is 20.8. The molecule has 0 aliphatic rings. The van der Waals surface area contributed by atoms with Crippen LogP contribution in [0.2, 0.25) is 0 Å². The summed E-state index contributed by atoms with van der Waals surface area (Å²) in [6, 6.07) is 26.1. The molecule has 0 saturated carbocycles. The van der Waals surface area contributed by atoms with E-state index >= 15 is 0 Å². The van der Waals surface area contributed by atoms with Crippen LogP contribution < -0.4 is 10.2 Å². The Morgan fingerprint density at radius 1 is 0.814 bits per heavy atom. The molecule has 1 aromatic heterocycles. The van der Waals surface area contributed by atoms with Crippen LogP contribution in [0, 0.1) is 0 Å². The number of nitrogens with one attached hydrogen (secondary N) is 1.